The average Bonchev–Trinajstić information content (AvgIpc) is 2.42. The molecule has 1 rings (SSSR count). The third kappa shape index (κ3) is 5.04. The van der Waals surface area contributed by atoms with E-state index >= 15 is 0 Å². The molecule has 0 bridgehead atoms. The maximum Gasteiger partial charge on any atom is 0.123 e. The molecule has 0 aromatic heterocycles. The minimum absolute atomic E-state index is 0.213. The molecule has 3 N–H and O–H groups in total. The van der Waals surface area contributed by atoms with Crippen LogP contribution in [0.4, 0.5) is 0 Å². The first-order valence-electron chi connectivity index (χ1n) is 6.55. The van der Waals surface area contributed by atoms with Gasteiger partial charge < -0.3 is 20.5 Å². The summed E-state index contributed by atoms with van der Waals surface area (Å²) < 4.78 is 5.73. The summed E-state index contributed by atoms with van der Waals surface area (Å²) >= 11 is 0. The van der Waals surface area contributed by atoms with Gasteiger partial charge in [0.05, 0.1) is 13.2 Å². The van der Waals surface area contributed by atoms with E-state index in [4.69, 9.17) is 15.6 Å². The quantitative estimate of drug-likeness (QED) is 0.649. The van der Waals surface area contributed by atoms with Crippen LogP contribution in [0.1, 0.15) is 18.9 Å². The van der Waals surface area contributed by atoms with Crippen LogP contribution < -0.4 is 10.5 Å². The van der Waals surface area contributed by atoms with E-state index in [1.807, 2.05) is 24.3 Å². The Balaban J connectivity index is 2.28. The largest absolute Gasteiger partial charge is 0.493 e. The number of hydrogen-bond acceptors (Lipinski definition) is 4. The van der Waals surface area contributed by atoms with Crippen LogP contribution in [0.25, 0.3) is 0 Å². The van der Waals surface area contributed by atoms with Crippen molar-refractivity contribution in [3.8, 4) is 5.75 Å². The number of ether oxygens (including phenoxy) is 1. The lowest BCUT2D eigenvalue weighted by molar-refractivity contribution is 0.189. The van der Waals surface area contributed by atoms with Crippen molar-refractivity contribution in [2.75, 3.05) is 32.8 Å². The molecule has 0 fully saturated rings. The summed E-state index contributed by atoms with van der Waals surface area (Å²) in [6, 6.07) is 7.86. The van der Waals surface area contributed by atoms with E-state index in [2.05, 4.69) is 11.8 Å². The summed E-state index contributed by atoms with van der Waals surface area (Å²) in [5.74, 6) is 0.880. The van der Waals surface area contributed by atoms with Gasteiger partial charge in [0.15, 0.2) is 0 Å². The van der Waals surface area contributed by atoms with Crippen molar-refractivity contribution in [3.05, 3.63) is 29.8 Å². The van der Waals surface area contributed by atoms with Gasteiger partial charge in [0.2, 0.25) is 0 Å². The van der Waals surface area contributed by atoms with E-state index in [1.54, 1.807) is 0 Å². The van der Waals surface area contributed by atoms with Crippen molar-refractivity contribution < 1.29 is 9.84 Å². The maximum absolute atomic E-state index is 8.88. The molecule has 0 spiro atoms. The summed E-state index contributed by atoms with van der Waals surface area (Å²) in [6.45, 7) is 6.13. The highest BCUT2D eigenvalue weighted by molar-refractivity contribution is 5.32. The van der Waals surface area contributed by atoms with Crippen LogP contribution in [0.15, 0.2) is 24.3 Å². The molecule has 0 saturated heterocycles. The lowest BCUT2D eigenvalue weighted by Crippen LogP contribution is -2.28. The zero-order chi connectivity index (χ0) is 13.2. The van der Waals surface area contributed by atoms with E-state index in [0.717, 1.165) is 37.4 Å². The summed E-state index contributed by atoms with van der Waals surface area (Å²) in [5, 5.41) is 8.88. The number of nitrogens with two attached hydrogens (primary N) is 1. The molecule has 18 heavy (non-hydrogen) atoms. The fourth-order valence-corrected chi connectivity index (χ4v) is 1.85. The number of aliphatic hydroxyl groups is 1. The number of hydrogen-bond donors (Lipinski definition) is 2. The van der Waals surface area contributed by atoms with Crippen LogP contribution in [0, 0.1) is 0 Å². The highest BCUT2D eigenvalue weighted by Gasteiger charge is 2.03. The first kappa shape index (κ1) is 15.0. The second-order valence-corrected chi connectivity index (χ2v) is 4.17. The van der Waals surface area contributed by atoms with Gasteiger partial charge in [-0.25, -0.2) is 0 Å². The second kappa shape index (κ2) is 8.91. The van der Waals surface area contributed by atoms with Crippen molar-refractivity contribution >= 4 is 0 Å². The minimum atomic E-state index is 0.213. The molecule has 102 valence electrons. The van der Waals surface area contributed by atoms with Gasteiger partial charge in [0.25, 0.3) is 0 Å². The van der Waals surface area contributed by atoms with Crippen molar-refractivity contribution in [1.82, 2.24) is 4.90 Å². The second-order valence-electron chi connectivity index (χ2n) is 4.17. The van der Waals surface area contributed by atoms with Crippen molar-refractivity contribution in [3.63, 3.8) is 0 Å². The molecule has 0 heterocycles. The molecular formula is C14H24N2O2. The van der Waals surface area contributed by atoms with Gasteiger partial charge in [-0.3, -0.25) is 0 Å². The summed E-state index contributed by atoms with van der Waals surface area (Å²) in [6.07, 6.45) is 0.951. The number of likely N-dealkylation sites (N-methyl/N-ethyl adjacent to an activating group) is 1. The smallest absolute Gasteiger partial charge is 0.123 e. The van der Waals surface area contributed by atoms with Gasteiger partial charge in [-0.15, -0.1) is 0 Å². The van der Waals surface area contributed by atoms with Crippen molar-refractivity contribution in [1.29, 1.82) is 0 Å². The zero-order valence-corrected chi connectivity index (χ0v) is 11.1. The molecule has 0 radical (unpaired) electrons. The molecule has 0 atom stereocenters. The number of aliphatic hydroxyl groups excluding tert-OH is 1. The van der Waals surface area contributed by atoms with Crippen LogP contribution in [-0.2, 0) is 6.54 Å². The van der Waals surface area contributed by atoms with Gasteiger partial charge in [0, 0.05) is 25.2 Å². The van der Waals surface area contributed by atoms with Gasteiger partial charge in [-0.05, 0) is 19.0 Å². The molecule has 0 aliphatic carbocycles. The highest BCUT2D eigenvalue weighted by atomic mass is 16.5. The maximum atomic E-state index is 8.88. The number of rotatable bonds is 9. The Labute approximate surface area is 109 Å². The Kier molecular flexibility index (Phi) is 7.41. The van der Waals surface area contributed by atoms with Crippen molar-refractivity contribution in [2.45, 2.75) is 19.9 Å². The monoisotopic (exact) mass is 252 g/mol. The molecular weight excluding hydrogens is 228 g/mol. The molecule has 0 aliphatic heterocycles. The van der Waals surface area contributed by atoms with E-state index in [0.29, 0.717) is 13.2 Å². The van der Waals surface area contributed by atoms with Crippen molar-refractivity contribution in [2.24, 2.45) is 5.73 Å². The van der Waals surface area contributed by atoms with E-state index in [9.17, 15) is 0 Å². The molecule has 0 unspecified atom stereocenters. The van der Waals surface area contributed by atoms with Crippen LogP contribution in [0.5, 0.6) is 5.75 Å². The molecule has 0 amide bonds. The minimum Gasteiger partial charge on any atom is -0.493 e. The molecule has 4 heteroatoms. The SMILES string of the molecule is CCN(CCO)CCCOc1ccccc1CN. The van der Waals surface area contributed by atoms with Gasteiger partial charge in [0.1, 0.15) is 5.75 Å². The van der Waals surface area contributed by atoms with Crippen LogP contribution >= 0.6 is 0 Å². The van der Waals surface area contributed by atoms with Gasteiger partial charge in [-0.2, -0.15) is 0 Å². The summed E-state index contributed by atoms with van der Waals surface area (Å²) in [5.41, 5.74) is 6.69. The van der Waals surface area contributed by atoms with Crippen LogP contribution in [-0.4, -0.2) is 42.9 Å². The number of nitrogens with zero attached hydrogens (tertiary/aromatic N) is 1. The fourth-order valence-electron chi connectivity index (χ4n) is 1.85. The lowest BCUT2D eigenvalue weighted by Gasteiger charge is -2.19. The highest BCUT2D eigenvalue weighted by Crippen LogP contribution is 2.17. The standard InChI is InChI=1S/C14H24N2O2/c1-2-16(9-10-17)8-5-11-18-14-7-4-3-6-13(14)12-15/h3-4,6-7,17H,2,5,8-12,15H2,1H3. The first-order chi connectivity index (χ1) is 8.81. The first-order valence-corrected chi connectivity index (χ1v) is 6.55. The topological polar surface area (TPSA) is 58.7 Å². The average molecular weight is 252 g/mol. The van der Waals surface area contributed by atoms with E-state index < -0.39 is 0 Å². The normalized spacial score (nSPS) is 10.9. The third-order valence-corrected chi connectivity index (χ3v) is 2.93. The van der Waals surface area contributed by atoms with Gasteiger partial charge in [-0.1, -0.05) is 25.1 Å². The van der Waals surface area contributed by atoms with Gasteiger partial charge >= 0.3 is 0 Å². The Morgan fingerprint density at radius 3 is 2.72 bits per heavy atom. The van der Waals surface area contributed by atoms with E-state index in [1.165, 1.54) is 0 Å². The zero-order valence-electron chi connectivity index (χ0n) is 11.1. The summed E-state index contributed by atoms with van der Waals surface area (Å²) in [7, 11) is 0. The molecule has 4 nitrogen and oxygen atoms in total. The fraction of sp³-hybridized carbons (Fsp3) is 0.571. The number of para-hydroxylation sites is 1. The van der Waals surface area contributed by atoms with E-state index in [-0.39, 0.29) is 6.61 Å². The number of benzene rings is 1. The summed E-state index contributed by atoms with van der Waals surface area (Å²) in [4.78, 5) is 2.21. The Morgan fingerprint density at radius 2 is 2.06 bits per heavy atom. The Hall–Kier alpha value is -1.10. The van der Waals surface area contributed by atoms with Crippen LogP contribution in [0.3, 0.4) is 0 Å². The molecule has 0 saturated carbocycles. The third-order valence-electron chi connectivity index (χ3n) is 2.93. The van der Waals surface area contributed by atoms with Crippen LogP contribution in [0.2, 0.25) is 0 Å². The Bertz CT molecular complexity index is 331. The predicted octanol–water partition coefficient (Wildman–Crippen LogP) is 1.23. The molecule has 1 aromatic rings. The molecule has 1 aromatic carbocycles. The molecule has 0 aliphatic rings. The lowest BCUT2D eigenvalue weighted by atomic mass is 10.2. The Morgan fingerprint density at radius 1 is 1.28 bits per heavy atom. The predicted molar refractivity (Wildman–Crippen MR) is 73.6 cm³/mol.